The van der Waals surface area contributed by atoms with Crippen LogP contribution in [0, 0.1) is 6.92 Å². The summed E-state index contributed by atoms with van der Waals surface area (Å²) in [6.07, 6.45) is 1.31. The van der Waals surface area contributed by atoms with E-state index >= 15 is 0 Å². The molecule has 0 aliphatic heterocycles. The van der Waals surface area contributed by atoms with Gasteiger partial charge in [-0.1, -0.05) is 15.9 Å². The van der Waals surface area contributed by atoms with E-state index < -0.39 is 10.0 Å². The van der Waals surface area contributed by atoms with Crippen LogP contribution in [0.4, 0.5) is 5.69 Å². The van der Waals surface area contributed by atoms with Crippen molar-refractivity contribution in [2.75, 3.05) is 17.0 Å². The van der Waals surface area contributed by atoms with Crippen LogP contribution in [-0.2, 0) is 10.0 Å². The van der Waals surface area contributed by atoms with Gasteiger partial charge in [0.2, 0.25) is 10.0 Å². The third kappa shape index (κ3) is 5.06. The number of rotatable bonds is 6. The van der Waals surface area contributed by atoms with E-state index in [9.17, 15) is 8.42 Å². The summed E-state index contributed by atoms with van der Waals surface area (Å²) < 4.78 is 27.0. The highest BCUT2D eigenvalue weighted by Crippen LogP contribution is 2.21. The molecule has 0 heterocycles. The van der Waals surface area contributed by atoms with Gasteiger partial charge in [-0.3, -0.25) is 4.72 Å². The first-order chi connectivity index (χ1) is 7.94. The van der Waals surface area contributed by atoms with Gasteiger partial charge in [-0.15, -0.1) is 0 Å². The quantitative estimate of drug-likeness (QED) is 0.789. The SMILES string of the molecule is Cc1cc(Br)ccc1NS(=O)(=O)CCCCN. The Balaban J connectivity index is 2.69. The number of benzene rings is 1. The Morgan fingerprint density at radius 3 is 2.65 bits per heavy atom. The van der Waals surface area contributed by atoms with Crippen LogP contribution in [0.3, 0.4) is 0 Å². The molecule has 0 radical (unpaired) electrons. The lowest BCUT2D eigenvalue weighted by molar-refractivity contribution is 0.597. The van der Waals surface area contributed by atoms with E-state index in [2.05, 4.69) is 20.7 Å². The van der Waals surface area contributed by atoms with Crippen molar-refractivity contribution < 1.29 is 8.42 Å². The molecule has 0 saturated carbocycles. The maximum atomic E-state index is 11.7. The lowest BCUT2D eigenvalue weighted by atomic mass is 10.2. The molecule has 0 aliphatic carbocycles. The van der Waals surface area contributed by atoms with Gasteiger partial charge in [0.15, 0.2) is 0 Å². The minimum atomic E-state index is -3.26. The maximum Gasteiger partial charge on any atom is 0.232 e. The Bertz CT molecular complexity index is 474. The number of anilines is 1. The van der Waals surface area contributed by atoms with Crippen LogP contribution in [-0.4, -0.2) is 20.7 Å². The molecule has 6 heteroatoms. The van der Waals surface area contributed by atoms with Crippen molar-refractivity contribution >= 4 is 31.6 Å². The highest BCUT2D eigenvalue weighted by molar-refractivity contribution is 9.10. The molecule has 0 spiro atoms. The Morgan fingerprint density at radius 2 is 2.06 bits per heavy atom. The zero-order valence-electron chi connectivity index (χ0n) is 9.74. The molecule has 0 fully saturated rings. The number of nitrogens with one attached hydrogen (secondary N) is 1. The maximum absolute atomic E-state index is 11.7. The highest BCUT2D eigenvalue weighted by Gasteiger charge is 2.11. The first-order valence-electron chi connectivity index (χ1n) is 5.41. The van der Waals surface area contributed by atoms with E-state index in [1.54, 1.807) is 6.07 Å². The van der Waals surface area contributed by atoms with Crippen LogP contribution in [0.25, 0.3) is 0 Å². The number of nitrogens with two attached hydrogens (primary N) is 1. The molecule has 0 aliphatic rings. The minimum Gasteiger partial charge on any atom is -0.330 e. The van der Waals surface area contributed by atoms with Crippen LogP contribution in [0.1, 0.15) is 18.4 Å². The molecule has 0 unspecified atom stereocenters. The average molecular weight is 321 g/mol. The van der Waals surface area contributed by atoms with Crippen LogP contribution in [0.15, 0.2) is 22.7 Å². The summed E-state index contributed by atoms with van der Waals surface area (Å²) in [5.41, 5.74) is 6.85. The monoisotopic (exact) mass is 320 g/mol. The number of hydrogen-bond donors (Lipinski definition) is 2. The first kappa shape index (κ1) is 14.5. The fourth-order valence-electron chi connectivity index (χ4n) is 1.40. The largest absolute Gasteiger partial charge is 0.330 e. The summed E-state index contributed by atoms with van der Waals surface area (Å²) in [6.45, 7) is 2.38. The van der Waals surface area contributed by atoms with Crippen LogP contribution in [0.5, 0.6) is 0 Å². The van der Waals surface area contributed by atoms with E-state index in [0.29, 0.717) is 18.7 Å². The lowest BCUT2D eigenvalue weighted by Gasteiger charge is -2.10. The number of sulfonamides is 1. The molecule has 0 atom stereocenters. The van der Waals surface area contributed by atoms with E-state index in [1.807, 2.05) is 19.1 Å². The van der Waals surface area contributed by atoms with Crippen molar-refractivity contribution in [1.82, 2.24) is 0 Å². The smallest absolute Gasteiger partial charge is 0.232 e. The van der Waals surface area contributed by atoms with Gasteiger partial charge in [-0.05, 0) is 50.1 Å². The predicted molar refractivity (Wildman–Crippen MR) is 74.6 cm³/mol. The molecule has 17 heavy (non-hydrogen) atoms. The fourth-order valence-corrected chi connectivity index (χ4v) is 3.12. The van der Waals surface area contributed by atoms with Crippen LogP contribution in [0.2, 0.25) is 0 Å². The molecule has 1 aromatic rings. The number of halogens is 1. The molecule has 1 rings (SSSR count). The third-order valence-corrected chi connectivity index (χ3v) is 4.17. The first-order valence-corrected chi connectivity index (χ1v) is 7.86. The molecule has 96 valence electrons. The summed E-state index contributed by atoms with van der Waals surface area (Å²) in [4.78, 5) is 0. The second-order valence-electron chi connectivity index (χ2n) is 3.88. The van der Waals surface area contributed by atoms with Gasteiger partial charge >= 0.3 is 0 Å². The second-order valence-corrected chi connectivity index (χ2v) is 6.63. The Morgan fingerprint density at radius 1 is 1.35 bits per heavy atom. The normalized spacial score (nSPS) is 11.5. The molecular formula is C11H17BrN2O2S. The van der Waals surface area contributed by atoms with Gasteiger partial charge in [-0.25, -0.2) is 8.42 Å². The Labute approximate surface area is 111 Å². The molecular weight excluding hydrogens is 304 g/mol. The molecule has 0 bridgehead atoms. The van der Waals surface area contributed by atoms with Crippen molar-refractivity contribution in [3.8, 4) is 0 Å². The topological polar surface area (TPSA) is 72.2 Å². The highest BCUT2D eigenvalue weighted by atomic mass is 79.9. The van der Waals surface area contributed by atoms with Crippen molar-refractivity contribution in [2.24, 2.45) is 5.73 Å². The Kier molecular flexibility index (Phi) is 5.42. The molecule has 3 N–H and O–H groups in total. The summed E-state index contributed by atoms with van der Waals surface area (Å²) in [5, 5.41) is 0. The molecule has 0 aromatic heterocycles. The van der Waals surface area contributed by atoms with Crippen molar-refractivity contribution in [2.45, 2.75) is 19.8 Å². The number of hydrogen-bond acceptors (Lipinski definition) is 3. The van der Waals surface area contributed by atoms with Crippen molar-refractivity contribution in [3.63, 3.8) is 0 Å². The lowest BCUT2D eigenvalue weighted by Crippen LogP contribution is -2.18. The second kappa shape index (κ2) is 6.37. The van der Waals surface area contributed by atoms with Gasteiger partial charge in [0, 0.05) is 4.47 Å². The summed E-state index contributed by atoms with van der Waals surface area (Å²) in [5.74, 6) is 0.111. The van der Waals surface area contributed by atoms with Crippen LogP contribution < -0.4 is 10.5 Å². The van der Waals surface area contributed by atoms with Gasteiger partial charge in [0.05, 0.1) is 11.4 Å². The fraction of sp³-hybridized carbons (Fsp3) is 0.455. The molecule has 1 aromatic carbocycles. The van der Waals surface area contributed by atoms with E-state index in [1.165, 1.54) is 0 Å². The molecule has 4 nitrogen and oxygen atoms in total. The molecule has 0 saturated heterocycles. The summed E-state index contributed by atoms with van der Waals surface area (Å²) in [6, 6.07) is 5.43. The minimum absolute atomic E-state index is 0.111. The standard InChI is InChI=1S/C11H17BrN2O2S/c1-9-8-10(12)4-5-11(9)14-17(15,16)7-3-2-6-13/h4-5,8,14H,2-3,6-7,13H2,1H3. The van der Waals surface area contributed by atoms with Crippen molar-refractivity contribution in [3.05, 3.63) is 28.2 Å². The van der Waals surface area contributed by atoms with Gasteiger partial charge < -0.3 is 5.73 Å². The van der Waals surface area contributed by atoms with Gasteiger partial charge in [0.25, 0.3) is 0 Å². The average Bonchev–Trinajstić information content (AvgIpc) is 2.22. The van der Waals surface area contributed by atoms with Gasteiger partial charge in [-0.2, -0.15) is 0 Å². The summed E-state index contributed by atoms with van der Waals surface area (Å²) in [7, 11) is -3.26. The number of aryl methyl sites for hydroxylation is 1. The number of unbranched alkanes of at least 4 members (excludes halogenated alkanes) is 1. The molecule has 0 amide bonds. The van der Waals surface area contributed by atoms with E-state index in [4.69, 9.17) is 5.73 Å². The van der Waals surface area contributed by atoms with Gasteiger partial charge in [0.1, 0.15) is 0 Å². The summed E-state index contributed by atoms with van der Waals surface area (Å²) >= 11 is 3.34. The zero-order valence-corrected chi connectivity index (χ0v) is 12.1. The van der Waals surface area contributed by atoms with E-state index in [0.717, 1.165) is 16.5 Å². The van der Waals surface area contributed by atoms with E-state index in [-0.39, 0.29) is 5.75 Å². The third-order valence-electron chi connectivity index (χ3n) is 2.32. The van der Waals surface area contributed by atoms with Crippen molar-refractivity contribution in [1.29, 1.82) is 0 Å². The van der Waals surface area contributed by atoms with Crippen LogP contribution >= 0.6 is 15.9 Å². The zero-order chi connectivity index (χ0) is 12.9. The Hall–Kier alpha value is -0.590. The predicted octanol–water partition coefficient (Wildman–Crippen LogP) is 2.24.